The summed E-state index contributed by atoms with van der Waals surface area (Å²) in [5.74, 6) is 1.44. The Hall–Kier alpha value is -3.35. The highest BCUT2D eigenvalue weighted by molar-refractivity contribution is 5.78. The molecule has 7 nitrogen and oxygen atoms in total. The zero-order valence-corrected chi connectivity index (χ0v) is 15.6. The molecule has 4 rings (SSSR count). The molecule has 1 unspecified atom stereocenters. The number of amides is 1. The summed E-state index contributed by atoms with van der Waals surface area (Å²) >= 11 is 0. The van der Waals surface area contributed by atoms with Crippen molar-refractivity contribution in [1.82, 2.24) is 14.9 Å². The predicted octanol–water partition coefficient (Wildman–Crippen LogP) is 1.77. The number of ether oxygens (including phenoxy) is 2. The van der Waals surface area contributed by atoms with E-state index in [0.717, 1.165) is 23.5 Å². The minimum atomic E-state index is -0.226. The number of hydrogen-bond acceptors (Lipinski definition) is 5. The van der Waals surface area contributed by atoms with Gasteiger partial charge in [0.25, 0.3) is 5.56 Å². The van der Waals surface area contributed by atoms with Crippen molar-refractivity contribution >= 4 is 16.8 Å². The number of rotatable bonds is 5. The van der Waals surface area contributed by atoms with Gasteiger partial charge in [-0.05, 0) is 30.2 Å². The number of aromatic nitrogens is 2. The van der Waals surface area contributed by atoms with E-state index in [1.165, 1.54) is 10.9 Å². The Morgan fingerprint density at radius 2 is 2.14 bits per heavy atom. The normalized spacial score (nSPS) is 15.5. The Kier molecular flexibility index (Phi) is 4.97. The number of carbonyl (C=O) groups is 1. The van der Waals surface area contributed by atoms with Gasteiger partial charge in [-0.1, -0.05) is 24.3 Å². The van der Waals surface area contributed by atoms with Crippen molar-refractivity contribution in [1.29, 1.82) is 0 Å². The maximum atomic E-state index is 12.5. The molecule has 3 aromatic rings. The molecule has 2 aromatic carbocycles. The lowest BCUT2D eigenvalue weighted by atomic mass is 9.96. The van der Waals surface area contributed by atoms with Crippen LogP contribution in [0.3, 0.4) is 0 Å². The summed E-state index contributed by atoms with van der Waals surface area (Å²) in [6.45, 7) is 0.922. The molecule has 7 heteroatoms. The standard InChI is InChI=1S/C21H21N3O4/c1-27-18-8-4-5-15-9-14(12-28-20(15)18)10-22-19(25)11-24-13-23-17-7-3-2-6-16(17)21(24)26/h2-8,13-14H,9-12H2,1H3,(H,22,25). The van der Waals surface area contributed by atoms with E-state index in [1.54, 1.807) is 25.3 Å². The zero-order valence-electron chi connectivity index (χ0n) is 15.6. The molecular weight excluding hydrogens is 358 g/mol. The smallest absolute Gasteiger partial charge is 0.261 e. The van der Waals surface area contributed by atoms with Crippen molar-refractivity contribution in [2.75, 3.05) is 20.3 Å². The first-order valence-corrected chi connectivity index (χ1v) is 9.15. The highest BCUT2D eigenvalue weighted by Gasteiger charge is 2.23. The Labute approximate surface area is 161 Å². The van der Waals surface area contributed by atoms with Gasteiger partial charge < -0.3 is 14.8 Å². The van der Waals surface area contributed by atoms with Gasteiger partial charge in [0.05, 0.1) is 30.9 Å². The van der Waals surface area contributed by atoms with Crippen molar-refractivity contribution in [3.05, 3.63) is 64.7 Å². The summed E-state index contributed by atoms with van der Waals surface area (Å²) in [5.41, 5.74) is 1.47. The molecule has 0 saturated carbocycles. The van der Waals surface area contributed by atoms with Gasteiger partial charge in [-0.3, -0.25) is 14.2 Å². The first kappa shape index (κ1) is 18.0. The second kappa shape index (κ2) is 7.72. The minimum absolute atomic E-state index is 0.0609. The quantitative estimate of drug-likeness (QED) is 0.731. The molecule has 0 bridgehead atoms. The van der Waals surface area contributed by atoms with Crippen LogP contribution in [0.1, 0.15) is 5.56 Å². The van der Waals surface area contributed by atoms with Crippen LogP contribution >= 0.6 is 0 Å². The van der Waals surface area contributed by atoms with Gasteiger partial charge in [0.1, 0.15) is 6.54 Å². The van der Waals surface area contributed by atoms with Crippen molar-refractivity contribution in [3.63, 3.8) is 0 Å². The van der Waals surface area contributed by atoms with Crippen molar-refractivity contribution in [2.24, 2.45) is 5.92 Å². The number of benzene rings is 2. The lowest BCUT2D eigenvalue weighted by molar-refractivity contribution is -0.122. The molecule has 1 aliphatic rings. The summed E-state index contributed by atoms with van der Waals surface area (Å²) < 4.78 is 12.5. The van der Waals surface area contributed by atoms with Gasteiger partial charge in [-0.15, -0.1) is 0 Å². The van der Waals surface area contributed by atoms with E-state index in [0.29, 0.717) is 24.1 Å². The molecule has 0 fully saturated rings. The number of fused-ring (bicyclic) bond motifs is 2. The Morgan fingerprint density at radius 3 is 3.00 bits per heavy atom. The van der Waals surface area contributed by atoms with Gasteiger partial charge in [-0.25, -0.2) is 4.98 Å². The fourth-order valence-corrected chi connectivity index (χ4v) is 3.44. The van der Waals surface area contributed by atoms with E-state index in [2.05, 4.69) is 10.3 Å². The van der Waals surface area contributed by atoms with Gasteiger partial charge in [0, 0.05) is 12.5 Å². The minimum Gasteiger partial charge on any atom is -0.493 e. The van der Waals surface area contributed by atoms with Crippen LogP contribution in [-0.2, 0) is 17.8 Å². The number of carbonyl (C=O) groups excluding carboxylic acids is 1. The average Bonchev–Trinajstić information content (AvgIpc) is 2.73. The van der Waals surface area contributed by atoms with Crippen LogP contribution < -0.4 is 20.3 Å². The molecule has 1 amide bonds. The highest BCUT2D eigenvalue weighted by atomic mass is 16.5. The number of nitrogens with one attached hydrogen (secondary N) is 1. The van der Waals surface area contributed by atoms with Crippen LogP contribution in [0.5, 0.6) is 11.5 Å². The average molecular weight is 379 g/mol. The van der Waals surface area contributed by atoms with Crippen LogP contribution in [0.4, 0.5) is 0 Å². The summed E-state index contributed by atoms with van der Waals surface area (Å²) in [6.07, 6.45) is 2.21. The number of hydrogen-bond donors (Lipinski definition) is 1. The number of methoxy groups -OCH3 is 1. The van der Waals surface area contributed by atoms with Gasteiger partial charge in [-0.2, -0.15) is 0 Å². The molecule has 0 aliphatic carbocycles. The van der Waals surface area contributed by atoms with Crippen molar-refractivity contribution in [2.45, 2.75) is 13.0 Å². The lowest BCUT2D eigenvalue weighted by Crippen LogP contribution is -2.38. The first-order chi connectivity index (χ1) is 13.7. The molecule has 0 radical (unpaired) electrons. The molecular formula is C21H21N3O4. The molecule has 1 atom stereocenters. The molecule has 1 aliphatic heterocycles. The van der Waals surface area contributed by atoms with E-state index in [1.807, 2.05) is 24.3 Å². The Morgan fingerprint density at radius 1 is 1.29 bits per heavy atom. The maximum Gasteiger partial charge on any atom is 0.261 e. The summed E-state index contributed by atoms with van der Waals surface area (Å²) in [7, 11) is 1.62. The van der Waals surface area contributed by atoms with Gasteiger partial charge in [0.15, 0.2) is 11.5 Å². The van der Waals surface area contributed by atoms with Gasteiger partial charge in [0.2, 0.25) is 5.91 Å². The number of nitrogens with zero attached hydrogens (tertiary/aromatic N) is 2. The second-order valence-corrected chi connectivity index (χ2v) is 6.83. The Balaban J connectivity index is 1.38. The van der Waals surface area contributed by atoms with Crippen LogP contribution in [0.25, 0.3) is 10.9 Å². The third-order valence-corrected chi connectivity index (χ3v) is 4.89. The zero-order chi connectivity index (χ0) is 19.5. The van der Waals surface area contributed by atoms with E-state index < -0.39 is 0 Å². The first-order valence-electron chi connectivity index (χ1n) is 9.15. The maximum absolute atomic E-state index is 12.5. The second-order valence-electron chi connectivity index (χ2n) is 6.83. The third kappa shape index (κ3) is 3.55. The SMILES string of the molecule is COc1cccc2c1OCC(CNC(=O)Cn1cnc3ccccc3c1=O)C2. The Bertz CT molecular complexity index is 1080. The van der Waals surface area contributed by atoms with Crippen LogP contribution in [0, 0.1) is 5.92 Å². The summed E-state index contributed by atoms with van der Waals surface area (Å²) in [6, 6.07) is 12.9. The van der Waals surface area contributed by atoms with Crippen LogP contribution in [0.2, 0.25) is 0 Å². The lowest BCUT2D eigenvalue weighted by Gasteiger charge is -2.26. The van der Waals surface area contributed by atoms with E-state index in [9.17, 15) is 9.59 Å². The summed E-state index contributed by atoms with van der Waals surface area (Å²) in [5, 5.41) is 3.40. The molecule has 28 heavy (non-hydrogen) atoms. The third-order valence-electron chi connectivity index (χ3n) is 4.89. The van der Waals surface area contributed by atoms with Crippen LogP contribution in [0.15, 0.2) is 53.6 Å². The van der Waals surface area contributed by atoms with E-state index >= 15 is 0 Å². The van der Waals surface area contributed by atoms with Crippen molar-refractivity contribution < 1.29 is 14.3 Å². The van der Waals surface area contributed by atoms with Crippen molar-refractivity contribution in [3.8, 4) is 11.5 Å². The largest absolute Gasteiger partial charge is 0.493 e. The molecule has 144 valence electrons. The molecule has 0 spiro atoms. The van der Waals surface area contributed by atoms with Crippen LogP contribution in [-0.4, -0.2) is 35.7 Å². The molecule has 1 N–H and O–H groups in total. The monoisotopic (exact) mass is 379 g/mol. The van der Waals surface area contributed by atoms with E-state index in [4.69, 9.17) is 9.47 Å². The van der Waals surface area contributed by atoms with Gasteiger partial charge >= 0.3 is 0 Å². The molecule has 2 heterocycles. The molecule has 1 aromatic heterocycles. The number of para-hydroxylation sites is 2. The topological polar surface area (TPSA) is 82.4 Å². The highest BCUT2D eigenvalue weighted by Crippen LogP contribution is 2.35. The predicted molar refractivity (Wildman–Crippen MR) is 105 cm³/mol. The fraction of sp³-hybridized carbons (Fsp3) is 0.286. The molecule has 0 saturated heterocycles. The fourth-order valence-electron chi connectivity index (χ4n) is 3.44. The summed E-state index contributed by atoms with van der Waals surface area (Å²) in [4.78, 5) is 29.0. The van der Waals surface area contributed by atoms with E-state index in [-0.39, 0.29) is 23.9 Å².